The van der Waals surface area contributed by atoms with E-state index < -0.39 is 11.9 Å². The molecule has 4 nitrogen and oxygen atoms in total. The van der Waals surface area contributed by atoms with Crippen LogP contribution in [0.25, 0.3) is 11.3 Å². The van der Waals surface area contributed by atoms with E-state index in [-0.39, 0.29) is 22.3 Å². The Bertz CT molecular complexity index is 747. The molecule has 8 heteroatoms. The van der Waals surface area contributed by atoms with Crippen molar-refractivity contribution in [3.8, 4) is 11.3 Å². The molecule has 120 valence electrons. The van der Waals surface area contributed by atoms with Crippen LogP contribution in [0.4, 0.5) is 18.9 Å². The first-order valence-corrected chi connectivity index (χ1v) is 7.24. The summed E-state index contributed by atoms with van der Waals surface area (Å²) in [4.78, 5) is 20.4. The van der Waals surface area contributed by atoms with Crippen molar-refractivity contribution in [2.75, 3.05) is 11.4 Å². The monoisotopic (exact) mass is 341 g/mol. The zero-order valence-electron chi connectivity index (χ0n) is 11.8. The molecule has 1 fully saturated rings. The molecule has 0 bridgehead atoms. The minimum absolute atomic E-state index is 0.0139. The van der Waals surface area contributed by atoms with Crippen LogP contribution in [0.3, 0.4) is 0 Å². The molecule has 0 N–H and O–H groups in total. The van der Waals surface area contributed by atoms with Gasteiger partial charge in [0.25, 0.3) is 0 Å². The molecular weight excluding hydrogens is 331 g/mol. The van der Waals surface area contributed by atoms with E-state index in [0.717, 1.165) is 12.6 Å². The van der Waals surface area contributed by atoms with Gasteiger partial charge < -0.3 is 4.90 Å². The number of nitrogens with zero attached hydrogens (tertiary/aromatic N) is 3. The number of hydrogen-bond donors (Lipinski definition) is 0. The van der Waals surface area contributed by atoms with Crippen LogP contribution in [0.5, 0.6) is 0 Å². The largest absolute Gasteiger partial charge is 0.435 e. The summed E-state index contributed by atoms with van der Waals surface area (Å²) < 4.78 is 39.2. The lowest BCUT2D eigenvalue weighted by molar-refractivity contribution is -0.140. The Labute approximate surface area is 134 Å². The molecule has 1 aliphatic rings. The second-order valence-electron chi connectivity index (χ2n) is 5.08. The molecule has 0 saturated carbocycles. The highest BCUT2D eigenvalue weighted by Crippen LogP contribution is 2.35. The normalized spacial score (nSPS) is 15.3. The number of carbonyl (C=O) groups excluding carboxylic acids is 1. The lowest BCUT2D eigenvalue weighted by Crippen LogP contribution is -2.23. The summed E-state index contributed by atoms with van der Waals surface area (Å²) in [6.07, 6.45) is -2.31. The number of anilines is 1. The van der Waals surface area contributed by atoms with Crippen LogP contribution in [0.2, 0.25) is 5.15 Å². The maximum Gasteiger partial charge on any atom is 0.435 e. The van der Waals surface area contributed by atoms with Crippen LogP contribution >= 0.6 is 11.6 Å². The zero-order chi connectivity index (χ0) is 16.6. The molecular formula is C15H11ClF3N3O. The highest BCUT2D eigenvalue weighted by atomic mass is 35.5. The molecule has 0 aliphatic carbocycles. The third-order valence-corrected chi connectivity index (χ3v) is 3.72. The third kappa shape index (κ3) is 3.14. The Morgan fingerprint density at radius 1 is 1.17 bits per heavy atom. The highest BCUT2D eigenvalue weighted by molar-refractivity contribution is 6.29. The van der Waals surface area contributed by atoms with E-state index >= 15 is 0 Å². The number of hydrogen-bond acceptors (Lipinski definition) is 3. The van der Waals surface area contributed by atoms with E-state index in [4.69, 9.17) is 11.6 Å². The second kappa shape index (κ2) is 5.81. The SMILES string of the molecule is O=C1CCCN1c1ccc(-c2ncc(Cl)nc2C(F)(F)F)cc1. The molecule has 1 aromatic carbocycles. The fourth-order valence-electron chi connectivity index (χ4n) is 2.50. The van der Waals surface area contributed by atoms with Crippen LogP contribution in [0.1, 0.15) is 18.5 Å². The van der Waals surface area contributed by atoms with E-state index in [9.17, 15) is 18.0 Å². The predicted octanol–water partition coefficient (Wildman–Crippen LogP) is 3.94. The second-order valence-corrected chi connectivity index (χ2v) is 5.47. The van der Waals surface area contributed by atoms with Gasteiger partial charge in [-0.15, -0.1) is 0 Å². The highest BCUT2D eigenvalue weighted by Gasteiger charge is 2.37. The lowest BCUT2D eigenvalue weighted by atomic mass is 10.1. The van der Waals surface area contributed by atoms with Gasteiger partial charge in [-0.25, -0.2) is 4.98 Å². The Balaban J connectivity index is 1.98. The molecule has 0 unspecified atom stereocenters. The Morgan fingerprint density at radius 2 is 1.87 bits per heavy atom. The third-order valence-electron chi connectivity index (χ3n) is 3.54. The molecule has 1 aromatic heterocycles. The summed E-state index contributed by atoms with van der Waals surface area (Å²) in [6, 6.07) is 6.20. The molecule has 1 saturated heterocycles. The summed E-state index contributed by atoms with van der Waals surface area (Å²) in [6.45, 7) is 0.618. The first-order valence-electron chi connectivity index (χ1n) is 6.87. The Morgan fingerprint density at radius 3 is 2.43 bits per heavy atom. The minimum Gasteiger partial charge on any atom is -0.312 e. The van der Waals surface area contributed by atoms with Gasteiger partial charge in [-0.2, -0.15) is 13.2 Å². The number of aromatic nitrogens is 2. The first-order chi connectivity index (χ1) is 10.9. The van der Waals surface area contributed by atoms with Gasteiger partial charge in [0.15, 0.2) is 5.69 Å². The average Bonchev–Trinajstić information content (AvgIpc) is 2.93. The Kier molecular flexibility index (Phi) is 3.97. The van der Waals surface area contributed by atoms with Crippen molar-refractivity contribution < 1.29 is 18.0 Å². The van der Waals surface area contributed by atoms with Crippen LogP contribution in [0.15, 0.2) is 30.5 Å². The first kappa shape index (κ1) is 15.7. The van der Waals surface area contributed by atoms with Crippen molar-refractivity contribution in [1.82, 2.24) is 9.97 Å². The Hall–Kier alpha value is -2.15. The molecule has 1 amide bonds. The van der Waals surface area contributed by atoms with Crippen LogP contribution in [-0.4, -0.2) is 22.4 Å². The summed E-state index contributed by atoms with van der Waals surface area (Å²) in [5.41, 5.74) is -0.500. The summed E-state index contributed by atoms with van der Waals surface area (Å²) in [7, 11) is 0. The number of amides is 1. The molecule has 3 rings (SSSR count). The van der Waals surface area contributed by atoms with E-state index in [1.165, 1.54) is 12.1 Å². The lowest BCUT2D eigenvalue weighted by Gasteiger charge is -2.16. The summed E-state index contributed by atoms with van der Waals surface area (Å²) >= 11 is 5.52. The van der Waals surface area contributed by atoms with Gasteiger partial charge in [0, 0.05) is 24.2 Å². The number of rotatable bonds is 2. The van der Waals surface area contributed by atoms with Gasteiger partial charge in [-0.1, -0.05) is 23.7 Å². The van der Waals surface area contributed by atoms with Crippen LogP contribution in [-0.2, 0) is 11.0 Å². The van der Waals surface area contributed by atoms with Crippen molar-refractivity contribution in [2.45, 2.75) is 19.0 Å². The smallest absolute Gasteiger partial charge is 0.312 e. The fraction of sp³-hybridized carbons (Fsp3) is 0.267. The average molecular weight is 342 g/mol. The van der Waals surface area contributed by atoms with Gasteiger partial charge in [0.05, 0.1) is 6.20 Å². The standard InChI is InChI=1S/C15H11ClF3N3O/c16-11-8-20-13(14(21-11)15(17,18)19)9-3-5-10(6-4-9)22-7-1-2-12(22)23/h3-6,8H,1-2,7H2. The summed E-state index contributed by atoms with van der Waals surface area (Å²) in [5, 5.41) is -0.319. The predicted molar refractivity (Wildman–Crippen MR) is 79.1 cm³/mol. The van der Waals surface area contributed by atoms with Crippen LogP contribution in [0, 0.1) is 0 Å². The van der Waals surface area contributed by atoms with Gasteiger partial charge >= 0.3 is 6.18 Å². The molecule has 2 aromatic rings. The van der Waals surface area contributed by atoms with Crippen molar-refractivity contribution in [2.24, 2.45) is 0 Å². The van der Waals surface area contributed by atoms with Crippen molar-refractivity contribution >= 4 is 23.2 Å². The molecule has 0 atom stereocenters. The molecule has 0 radical (unpaired) electrons. The van der Waals surface area contributed by atoms with E-state index in [2.05, 4.69) is 9.97 Å². The number of carbonyl (C=O) groups is 1. The molecule has 1 aliphatic heterocycles. The van der Waals surface area contributed by atoms with E-state index in [1.807, 2.05) is 0 Å². The number of halogens is 4. The van der Waals surface area contributed by atoms with Gasteiger partial charge in [-0.3, -0.25) is 9.78 Å². The molecule has 23 heavy (non-hydrogen) atoms. The van der Waals surface area contributed by atoms with Crippen LogP contribution < -0.4 is 4.90 Å². The van der Waals surface area contributed by atoms with E-state index in [1.54, 1.807) is 17.0 Å². The maximum absolute atomic E-state index is 13.1. The van der Waals surface area contributed by atoms with Gasteiger partial charge in [0.1, 0.15) is 10.8 Å². The van der Waals surface area contributed by atoms with Crippen molar-refractivity contribution in [1.29, 1.82) is 0 Å². The number of alkyl halides is 3. The topological polar surface area (TPSA) is 46.1 Å². The van der Waals surface area contributed by atoms with Crippen molar-refractivity contribution in [3.05, 3.63) is 41.3 Å². The molecule has 0 spiro atoms. The van der Waals surface area contributed by atoms with Gasteiger partial charge in [0.2, 0.25) is 5.91 Å². The van der Waals surface area contributed by atoms with Crippen molar-refractivity contribution in [3.63, 3.8) is 0 Å². The summed E-state index contributed by atoms with van der Waals surface area (Å²) in [5.74, 6) is 0.0139. The fourth-order valence-corrected chi connectivity index (χ4v) is 2.63. The zero-order valence-corrected chi connectivity index (χ0v) is 12.5. The van der Waals surface area contributed by atoms with E-state index in [0.29, 0.717) is 18.7 Å². The van der Waals surface area contributed by atoms with Gasteiger partial charge in [-0.05, 0) is 18.6 Å². The maximum atomic E-state index is 13.1. The number of benzene rings is 1. The molecule has 2 heterocycles. The minimum atomic E-state index is -4.66. The quantitative estimate of drug-likeness (QED) is 0.831.